The SMILES string of the molecule is O=C(c1ccc(C=C2Sc3ccccc3N(Cc3ccc(F)cc3)C2=O)cc1)N1CCC2(CC1)OCCO2. The van der Waals surface area contributed by atoms with E-state index in [9.17, 15) is 14.0 Å². The van der Waals surface area contributed by atoms with E-state index in [1.807, 2.05) is 59.5 Å². The number of carbonyl (C=O) groups excluding carboxylic acids is 2. The van der Waals surface area contributed by atoms with Gasteiger partial charge in [-0.25, -0.2) is 4.39 Å². The van der Waals surface area contributed by atoms with Crippen molar-refractivity contribution in [2.45, 2.75) is 30.1 Å². The summed E-state index contributed by atoms with van der Waals surface area (Å²) in [4.78, 5) is 31.7. The molecule has 1 spiro atoms. The van der Waals surface area contributed by atoms with E-state index in [0.29, 0.717) is 56.2 Å². The van der Waals surface area contributed by atoms with E-state index in [1.165, 1.54) is 23.9 Å². The van der Waals surface area contributed by atoms with E-state index >= 15 is 0 Å². The van der Waals surface area contributed by atoms with Crippen LogP contribution in [0, 0.1) is 5.82 Å². The van der Waals surface area contributed by atoms with Gasteiger partial charge in [0.25, 0.3) is 11.8 Å². The Hall–Kier alpha value is -3.46. The molecule has 8 heteroatoms. The van der Waals surface area contributed by atoms with Crippen molar-refractivity contribution in [1.82, 2.24) is 4.90 Å². The number of rotatable bonds is 4. The highest BCUT2D eigenvalue weighted by molar-refractivity contribution is 8.04. The number of anilines is 1. The summed E-state index contributed by atoms with van der Waals surface area (Å²) < 4.78 is 24.9. The van der Waals surface area contributed by atoms with Gasteiger partial charge < -0.3 is 19.3 Å². The summed E-state index contributed by atoms with van der Waals surface area (Å²) in [6.45, 7) is 2.76. The van der Waals surface area contributed by atoms with Crippen molar-refractivity contribution in [2.24, 2.45) is 0 Å². The minimum Gasteiger partial charge on any atom is -0.347 e. The summed E-state index contributed by atoms with van der Waals surface area (Å²) >= 11 is 1.43. The molecule has 0 aromatic heterocycles. The second kappa shape index (κ2) is 10.4. The van der Waals surface area contributed by atoms with Crippen molar-refractivity contribution < 1.29 is 23.5 Å². The van der Waals surface area contributed by atoms with Gasteiger partial charge in [-0.05, 0) is 53.6 Å². The molecule has 6 rings (SSSR count). The van der Waals surface area contributed by atoms with Gasteiger partial charge in [0.2, 0.25) is 0 Å². The highest BCUT2D eigenvalue weighted by atomic mass is 32.2. The fourth-order valence-electron chi connectivity index (χ4n) is 5.08. The van der Waals surface area contributed by atoms with Crippen LogP contribution in [-0.2, 0) is 20.8 Å². The molecule has 194 valence electrons. The number of nitrogens with zero attached hydrogens (tertiary/aromatic N) is 2. The maximum absolute atomic E-state index is 13.5. The molecule has 3 aromatic rings. The number of carbonyl (C=O) groups is 2. The van der Waals surface area contributed by atoms with Crippen LogP contribution in [0.5, 0.6) is 0 Å². The summed E-state index contributed by atoms with van der Waals surface area (Å²) in [5.41, 5.74) is 3.13. The Balaban J connectivity index is 1.19. The van der Waals surface area contributed by atoms with Gasteiger partial charge in [0.15, 0.2) is 5.79 Å². The maximum Gasteiger partial charge on any atom is 0.265 e. The van der Waals surface area contributed by atoms with Crippen molar-refractivity contribution in [3.63, 3.8) is 0 Å². The highest BCUT2D eigenvalue weighted by Gasteiger charge is 2.40. The number of ether oxygens (including phenoxy) is 2. The molecule has 3 aliphatic heterocycles. The van der Waals surface area contributed by atoms with E-state index in [1.54, 1.807) is 17.0 Å². The molecule has 6 nitrogen and oxygen atoms in total. The molecule has 0 N–H and O–H groups in total. The Morgan fingerprint density at radius 3 is 2.34 bits per heavy atom. The Bertz CT molecular complexity index is 1370. The van der Waals surface area contributed by atoms with Crippen LogP contribution in [0.3, 0.4) is 0 Å². The molecule has 0 saturated carbocycles. The highest BCUT2D eigenvalue weighted by Crippen LogP contribution is 2.42. The molecule has 3 heterocycles. The normalized spacial score (nSPS) is 19.7. The Morgan fingerprint density at radius 1 is 0.947 bits per heavy atom. The lowest BCUT2D eigenvalue weighted by Gasteiger charge is -2.37. The van der Waals surface area contributed by atoms with Gasteiger partial charge >= 0.3 is 0 Å². The standard InChI is InChI=1S/C30H27FN2O4S/c31-24-11-7-22(8-12-24)20-33-25-3-1-2-4-26(25)38-27(29(33)35)19-21-5-9-23(10-6-21)28(34)32-15-13-30(14-16-32)36-17-18-37-30/h1-12,19H,13-18,20H2. The molecule has 2 amide bonds. The number of hydrogen-bond acceptors (Lipinski definition) is 5. The molecule has 38 heavy (non-hydrogen) atoms. The van der Waals surface area contributed by atoms with Gasteiger partial charge in [-0.15, -0.1) is 0 Å². The summed E-state index contributed by atoms with van der Waals surface area (Å²) in [6, 6.07) is 21.3. The minimum absolute atomic E-state index is 0.0143. The molecule has 3 aromatic carbocycles. The number of piperidine rings is 1. The smallest absolute Gasteiger partial charge is 0.265 e. The lowest BCUT2D eigenvalue weighted by molar-refractivity contribution is -0.181. The van der Waals surface area contributed by atoms with Gasteiger partial charge in [-0.3, -0.25) is 9.59 Å². The van der Waals surface area contributed by atoms with Crippen LogP contribution in [0.25, 0.3) is 6.08 Å². The lowest BCUT2D eigenvalue weighted by Crippen LogP contribution is -2.47. The van der Waals surface area contributed by atoms with Crippen LogP contribution in [0.15, 0.2) is 82.6 Å². The van der Waals surface area contributed by atoms with E-state index in [2.05, 4.69) is 0 Å². The van der Waals surface area contributed by atoms with Crippen LogP contribution in [0.2, 0.25) is 0 Å². The number of halogens is 1. The first kappa shape index (κ1) is 24.9. The molecule has 2 saturated heterocycles. The van der Waals surface area contributed by atoms with Gasteiger partial charge in [0.1, 0.15) is 5.82 Å². The van der Waals surface area contributed by atoms with Crippen molar-refractivity contribution in [3.05, 3.63) is 100 Å². The second-order valence-corrected chi connectivity index (χ2v) is 10.7. The number of amides is 2. The van der Waals surface area contributed by atoms with Crippen LogP contribution >= 0.6 is 11.8 Å². The van der Waals surface area contributed by atoms with Gasteiger partial charge in [-0.1, -0.05) is 48.2 Å². The Morgan fingerprint density at radius 2 is 1.63 bits per heavy atom. The lowest BCUT2D eigenvalue weighted by atomic mass is 10.0. The quantitative estimate of drug-likeness (QED) is 0.418. The fourth-order valence-corrected chi connectivity index (χ4v) is 6.14. The number of thioether (sulfide) groups is 1. The molecule has 0 atom stereocenters. The van der Waals surface area contributed by atoms with Crippen LogP contribution in [-0.4, -0.2) is 48.8 Å². The average molecular weight is 531 g/mol. The van der Waals surface area contributed by atoms with Crippen LogP contribution in [0.4, 0.5) is 10.1 Å². The summed E-state index contributed by atoms with van der Waals surface area (Å²) in [7, 11) is 0. The zero-order valence-electron chi connectivity index (χ0n) is 20.8. The van der Waals surface area contributed by atoms with Crippen molar-refractivity contribution in [2.75, 3.05) is 31.2 Å². The topological polar surface area (TPSA) is 59.1 Å². The largest absolute Gasteiger partial charge is 0.347 e. The Kier molecular flexibility index (Phi) is 6.78. The van der Waals surface area contributed by atoms with Crippen molar-refractivity contribution in [3.8, 4) is 0 Å². The molecular weight excluding hydrogens is 503 g/mol. The fraction of sp³-hybridized carbons (Fsp3) is 0.267. The van der Waals surface area contributed by atoms with E-state index in [0.717, 1.165) is 21.7 Å². The van der Waals surface area contributed by atoms with Crippen LogP contribution in [0.1, 0.15) is 34.3 Å². The van der Waals surface area contributed by atoms with Gasteiger partial charge in [-0.2, -0.15) is 0 Å². The zero-order chi connectivity index (χ0) is 26.1. The monoisotopic (exact) mass is 530 g/mol. The molecule has 0 aliphatic carbocycles. The first-order chi connectivity index (χ1) is 18.5. The second-order valence-electron chi connectivity index (χ2n) is 9.62. The number of fused-ring (bicyclic) bond motifs is 1. The third kappa shape index (κ3) is 4.99. The summed E-state index contributed by atoms with van der Waals surface area (Å²) in [5.74, 6) is -0.949. The van der Waals surface area contributed by atoms with Crippen molar-refractivity contribution in [1.29, 1.82) is 0 Å². The number of para-hydroxylation sites is 1. The first-order valence-electron chi connectivity index (χ1n) is 12.7. The Labute approximate surface area is 225 Å². The predicted octanol–water partition coefficient (Wildman–Crippen LogP) is 5.48. The van der Waals surface area contributed by atoms with Crippen LogP contribution < -0.4 is 4.90 Å². The predicted molar refractivity (Wildman–Crippen MR) is 144 cm³/mol. The summed E-state index contributed by atoms with van der Waals surface area (Å²) in [6.07, 6.45) is 3.21. The number of likely N-dealkylation sites (tertiary alicyclic amines) is 1. The van der Waals surface area contributed by atoms with E-state index < -0.39 is 5.79 Å². The van der Waals surface area contributed by atoms with E-state index in [4.69, 9.17) is 9.47 Å². The molecule has 0 bridgehead atoms. The van der Waals surface area contributed by atoms with Gasteiger partial charge in [0.05, 0.1) is 30.4 Å². The third-order valence-electron chi connectivity index (χ3n) is 7.17. The number of hydrogen-bond donors (Lipinski definition) is 0. The molecular formula is C30H27FN2O4S. The molecule has 0 unspecified atom stereocenters. The summed E-state index contributed by atoms with van der Waals surface area (Å²) in [5, 5.41) is 0. The third-order valence-corrected chi connectivity index (χ3v) is 8.24. The molecule has 3 aliphatic rings. The average Bonchev–Trinajstić information content (AvgIpc) is 3.40. The number of benzene rings is 3. The molecule has 0 radical (unpaired) electrons. The van der Waals surface area contributed by atoms with Crippen molar-refractivity contribution >= 4 is 35.3 Å². The zero-order valence-corrected chi connectivity index (χ0v) is 21.6. The first-order valence-corrected chi connectivity index (χ1v) is 13.5. The van der Waals surface area contributed by atoms with Gasteiger partial charge in [0, 0.05) is 36.4 Å². The van der Waals surface area contributed by atoms with E-state index in [-0.39, 0.29) is 17.6 Å². The minimum atomic E-state index is -0.514. The molecule has 2 fully saturated rings. The maximum atomic E-state index is 13.5.